The summed E-state index contributed by atoms with van der Waals surface area (Å²) in [6.07, 6.45) is 0. The van der Waals surface area contributed by atoms with Crippen LogP contribution in [0.1, 0.15) is 22.8 Å². The first-order valence-electron chi connectivity index (χ1n) is 8.89. The van der Waals surface area contributed by atoms with E-state index in [-0.39, 0.29) is 11.3 Å². The summed E-state index contributed by atoms with van der Waals surface area (Å²) >= 11 is 0. The van der Waals surface area contributed by atoms with Crippen molar-refractivity contribution < 1.29 is 4.79 Å². The number of hydrogen-bond acceptors (Lipinski definition) is 4. The summed E-state index contributed by atoms with van der Waals surface area (Å²) in [5.41, 5.74) is 4.49. The Morgan fingerprint density at radius 1 is 0.962 bits per heavy atom. The Morgan fingerprint density at radius 3 is 2.50 bits per heavy atom. The fourth-order valence-electron chi connectivity index (χ4n) is 3.66. The minimum Gasteiger partial charge on any atom is -0.383 e. The molecule has 2 aromatic carbocycles. The zero-order valence-electron chi connectivity index (χ0n) is 14.9. The second-order valence-corrected chi connectivity index (χ2v) is 6.49. The van der Waals surface area contributed by atoms with Crippen molar-refractivity contribution in [1.29, 1.82) is 0 Å². The molecule has 0 unspecified atom stereocenters. The number of carbonyl (C=O) groups excluding carboxylic acids is 1. The lowest BCUT2D eigenvalue weighted by atomic mass is 9.83. The average Bonchev–Trinajstić information content (AvgIpc) is 2.66. The maximum Gasteiger partial charge on any atom is 0.251 e. The van der Waals surface area contributed by atoms with Crippen molar-refractivity contribution in [3.63, 3.8) is 0 Å². The molecule has 0 radical (unpaired) electrons. The highest BCUT2D eigenvalue weighted by molar-refractivity contribution is 6.28. The van der Waals surface area contributed by atoms with Gasteiger partial charge in [0.15, 0.2) is 5.78 Å². The molecule has 26 heavy (non-hydrogen) atoms. The number of ketones is 1. The molecule has 0 spiro atoms. The molecular formula is C21H21N3O2. The van der Waals surface area contributed by atoms with Gasteiger partial charge in [0.2, 0.25) is 0 Å². The predicted octanol–water partition coefficient (Wildman–Crippen LogP) is 2.77. The Balaban J connectivity index is 1.98. The third kappa shape index (κ3) is 2.44. The molecule has 1 aliphatic rings. The van der Waals surface area contributed by atoms with Crippen LogP contribution in [0.4, 0.5) is 5.69 Å². The molecule has 5 heteroatoms. The summed E-state index contributed by atoms with van der Waals surface area (Å²) in [4.78, 5) is 25.7. The monoisotopic (exact) mass is 347 g/mol. The lowest BCUT2D eigenvalue weighted by Gasteiger charge is -2.23. The van der Waals surface area contributed by atoms with Crippen molar-refractivity contribution in [3.8, 4) is 11.1 Å². The Morgan fingerprint density at radius 2 is 1.73 bits per heavy atom. The number of carbonyl (C=O) groups is 1. The molecule has 1 aromatic heterocycles. The van der Waals surface area contributed by atoms with Crippen LogP contribution in [0, 0.1) is 0 Å². The number of likely N-dealkylation sites (N-methyl/N-ethyl adjacent to an activating group) is 1. The molecule has 5 nitrogen and oxygen atoms in total. The highest BCUT2D eigenvalue weighted by atomic mass is 16.1. The van der Waals surface area contributed by atoms with Crippen LogP contribution < -0.4 is 16.2 Å². The summed E-state index contributed by atoms with van der Waals surface area (Å²) in [6.45, 7) is 4.51. The number of nitrogens with zero attached hydrogens (tertiary/aromatic N) is 1. The number of rotatable bonds is 5. The molecule has 0 saturated heterocycles. The SMILES string of the molecule is CCNCCNc1ccc2c3c(cc(=O)n2C)-c2ccccc2C(=O)c13. The van der Waals surface area contributed by atoms with Crippen molar-refractivity contribution in [3.05, 3.63) is 63.9 Å². The third-order valence-corrected chi connectivity index (χ3v) is 4.97. The van der Waals surface area contributed by atoms with Crippen molar-refractivity contribution in [2.24, 2.45) is 7.05 Å². The number of benzene rings is 2. The molecule has 0 fully saturated rings. The summed E-state index contributed by atoms with van der Waals surface area (Å²) in [7, 11) is 1.74. The molecule has 0 bridgehead atoms. The van der Waals surface area contributed by atoms with Gasteiger partial charge in [0.05, 0.1) is 11.1 Å². The minimum absolute atomic E-state index is 0.00306. The Kier molecular flexibility index (Phi) is 4.09. The maximum absolute atomic E-state index is 13.3. The van der Waals surface area contributed by atoms with Crippen molar-refractivity contribution in [1.82, 2.24) is 9.88 Å². The highest BCUT2D eigenvalue weighted by Crippen LogP contribution is 2.41. The number of pyridine rings is 1. The van der Waals surface area contributed by atoms with Crippen LogP contribution in [0.25, 0.3) is 22.0 Å². The largest absolute Gasteiger partial charge is 0.383 e. The Bertz CT molecular complexity index is 1080. The van der Waals surface area contributed by atoms with Gasteiger partial charge in [0.1, 0.15) is 0 Å². The van der Waals surface area contributed by atoms with Gasteiger partial charge in [-0.3, -0.25) is 9.59 Å². The molecule has 1 aliphatic carbocycles. The summed E-state index contributed by atoms with van der Waals surface area (Å²) in [6, 6.07) is 13.0. The molecule has 132 valence electrons. The van der Waals surface area contributed by atoms with E-state index in [4.69, 9.17) is 0 Å². The van der Waals surface area contributed by atoms with Gasteiger partial charge in [-0.05, 0) is 29.8 Å². The van der Waals surface area contributed by atoms with E-state index in [0.29, 0.717) is 11.1 Å². The number of nitrogens with one attached hydrogen (secondary N) is 2. The Hall–Kier alpha value is -2.92. The van der Waals surface area contributed by atoms with Gasteiger partial charge in [-0.25, -0.2) is 0 Å². The molecule has 2 N–H and O–H groups in total. The maximum atomic E-state index is 13.3. The zero-order valence-corrected chi connectivity index (χ0v) is 14.9. The summed E-state index contributed by atoms with van der Waals surface area (Å²) < 4.78 is 1.60. The predicted molar refractivity (Wildman–Crippen MR) is 105 cm³/mol. The van der Waals surface area contributed by atoms with Crippen molar-refractivity contribution in [2.75, 3.05) is 25.0 Å². The van der Waals surface area contributed by atoms with Crippen LogP contribution >= 0.6 is 0 Å². The van der Waals surface area contributed by atoms with Crippen molar-refractivity contribution >= 4 is 22.4 Å². The molecular weight excluding hydrogens is 326 g/mol. The first kappa shape index (κ1) is 16.5. The molecule has 0 saturated carbocycles. The van der Waals surface area contributed by atoms with E-state index in [1.807, 2.05) is 36.4 Å². The highest BCUT2D eigenvalue weighted by Gasteiger charge is 2.28. The smallest absolute Gasteiger partial charge is 0.251 e. The summed E-state index contributed by atoms with van der Waals surface area (Å²) in [5, 5.41) is 7.50. The first-order chi connectivity index (χ1) is 12.6. The second-order valence-electron chi connectivity index (χ2n) is 6.49. The molecule has 0 amide bonds. The third-order valence-electron chi connectivity index (χ3n) is 4.97. The molecule has 0 atom stereocenters. The van der Waals surface area contributed by atoms with Gasteiger partial charge in [-0.1, -0.05) is 31.2 Å². The lowest BCUT2D eigenvalue weighted by Crippen LogP contribution is -2.24. The number of hydrogen-bond donors (Lipinski definition) is 2. The van der Waals surface area contributed by atoms with E-state index in [9.17, 15) is 9.59 Å². The van der Waals surface area contributed by atoms with Crippen LogP contribution in [0.2, 0.25) is 0 Å². The minimum atomic E-state index is -0.0737. The van der Waals surface area contributed by atoms with E-state index < -0.39 is 0 Å². The fraction of sp³-hybridized carbons (Fsp3) is 0.238. The van der Waals surface area contributed by atoms with Crippen LogP contribution in [-0.2, 0) is 7.05 Å². The van der Waals surface area contributed by atoms with E-state index in [0.717, 1.165) is 47.4 Å². The van der Waals surface area contributed by atoms with Gasteiger partial charge in [-0.2, -0.15) is 0 Å². The normalized spacial score (nSPS) is 12.3. The van der Waals surface area contributed by atoms with Gasteiger partial charge in [0, 0.05) is 42.8 Å². The standard InChI is InChI=1S/C21H21N3O2/c1-3-22-10-11-23-16-8-9-17-19-15(12-18(25)24(17)2)13-6-4-5-7-14(13)21(26)20(16)19/h4-9,12,22-23H,3,10-11H2,1-2H3. The molecule has 0 aliphatic heterocycles. The fourth-order valence-corrected chi connectivity index (χ4v) is 3.66. The Labute approximate surface area is 151 Å². The number of anilines is 1. The van der Waals surface area contributed by atoms with E-state index in [1.165, 1.54) is 0 Å². The van der Waals surface area contributed by atoms with Gasteiger partial charge in [-0.15, -0.1) is 0 Å². The lowest BCUT2D eigenvalue weighted by molar-refractivity contribution is 0.104. The summed E-state index contributed by atoms with van der Waals surface area (Å²) in [5.74, 6) is 0.00306. The number of aryl methyl sites for hydroxylation is 1. The molecule has 4 rings (SSSR count). The van der Waals surface area contributed by atoms with Crippen LogP contribution in [0.3, 0.4) is 0 Å². The van der Waals surface area contributed by atoms with Gasteiger partial charge >= 0.3 is 0 Å². The van der Waals surface area contributed by atoms with Crippen LogP contribution in [-0.4, -0.2) is 30.0 Å². The number of fused-ring (bicyclic) bond motifs is 2. The zero-order chi connectivity index (χ0) is 18.3. The number of aromatic nitrogens is 1. The van der Waals surface area contributed by atoms with Crippen LogP contribution in [0.5, 0.6) is 0 Å². The second kappa shape index (κ2) is 6.42. The van der Waals surface area contributed by atoms with Gasteiger partial charge in [0.25, 0.3) is 5.56 Å². The first-order valence-corrected chi connectivity index (χ1v) is 8.89. The van der Waals surface area contributed by atoms with Gasteiger partial charge < -0.3 is 15.2 Å². The average molecular weight is 347 g/mol. The van der Waals surface area contributed by atoms with E-state index in [1.54, 1.807) is 17.7 Å². The van der Waals surface area contributed by atoms with E-state index >= 15 is 0 Å². The van der Waals surface area contributed by atoms with Crippen LogP contribution in [0.15, 0.2) is 47.3 Å². The quantitative estimate of drug-likeness (QED) is 0.545. The van der Waals surface area contributed by atoms with Crippen molar-refractivity contribution in [2.45, 2.75) is 6.92 Å². The molecule has 3 aromatic rings. The van der Waals surface area contributed by atoms with E-state index in [2.05, 4.69) is 17.6 Å². The topological polar surface area (TPSA) is 63.1 Å². The molecule has 1 heterocycles.